The third-order valence-electron chi connectivity index (χ3n) is 3.06. The zero-order chi connectivity index (χ0) is 11.5. The summed E-state index contributed by atoms with van der Waals surface area (Å²) < 4.78 is 10.1. The summed E-state index contributed by atoms with van der Waals surface area (Å²) in [6, 6.07) is 5.73. The van der Waals surface area contributed by atoms with Crippen LogP contribution in [0.4, 0.5) is 0 Å². The van der Waals surface area contributed by atoms with Crippen LogP contribution in [0, 0.1) is 6.92 Å². The van der Waals surface area contributed by atoms with E-state index in [4.69, 9.17) is 9.47 Å². The van der Waals surface area contributed by atoms with Gasteiger partial charge in [0.1, 0.15) is 0 Å². The standard InChI is InChI=1S/C13H16O3/c1-9-7-10(13(14)15-2)3-4-12(9)11-5-6-16-8-11/h3-4,7,11H,5-6,8H2,1-2H3. The molecule has 1 fully saturated rings. The molecule has 1 atom stereocenters. The van der Waals surface area contributed by atoms with E-state index in [2.05, 4.69) is 0 Å². The number of aryl methyl sites for hydroxylation is 1. The molecule has 1 saturated heterocycles. The van der Waals surface area contributed by atoms with Crippen molar-refractivity contribution in [1.82, 2.24) is 0 Å². The smallest absolute Gasteiger partial charge is 0.337 e. The quantitative estimate of drug-likeness (QED) is 0.717. The Hall–Kier alpha value is -1.35. The number of benzene rings is 1. The van der Waals surface area contributed by atoms with Crippen LogP contribution in [0.1, 0.15) is 33.8 Å². The predicted octanol–water partition coefficient (Wildman–Crippen LogP) is 2.29. The van der Waals surface area contributed by atoms with Crippen molar-refractivity contribution >= 4 is 5.97 Å². The molecule has 1 aliphatic rings. The Balaban J connectivity index is 2.25. The van der Waals surface area contributed by atoms with Gasteiger partial charge in [0.25, 0.3) is 0 Å². The number of esters is 1. The number of ether oxygens (including phenoxy) is 2. The van der Waals surface area contributed by atoms with Crippen LogP contribution in [0.3, 0.4) is 0 Å². The molecule has 3 nitrogen and oxygen atoms in total. The highest BCUT2D eigenvalue weighted by Gasteiger charge is 2.20. The number of hydrogen-bond acceptors (Lipinski definition) is 3. The van der Waals surface area contributed by atoms with Crippen molar-refractivity contribution in [1.29, 1.82) is 0 Å². The molecule has 0 spiro atoms. The molecule has 0 amide bonds. The monoisotopic (exact) mass is 220 g/mol. The normalized spacial score (nSPS) is 19.8. The number of hydrogen-bond donors (Lipinski definition) is 0. The van der Waals surface area contributed by atoms with Crippen LogP contribution < -0.4 is 0 Å². The van der Waals surface area contributed by atoms with Crippen LogP contribution in [0.5, 0.6) is 0 Å². The molecular formula is C13H16O3. The summed E-state index contributed by atoms with van der Waals surface area (Å²) in [6.07, 6.45) is 1.07. The molecule has 86 valence electrons. The van der Waals surface area contributed by atoms with E-state index in [1.54, 1.807) is 0 Å². The fourth-order valence-corrected chi connectivity index (χ4v) is 2.16. The zero-order valence-electron chi connectivity index (χ0n) is 9.66. The lowest BCUT2D eigenvalue weighted by atomic mass is 9.93. The molecule has 3 heteroatoms. The molecule has 1 aromatic rings. The minimum absolute atomic E-state index is 0.280. The van der Waals surface area contributed by atoms with Crippen molar-refractivity contribution < 1.29 is 14.3 Å². The molecule has 0 aromatic heterocycles. The van der Waals surface area contributed by atoms with E-state index in [9.17, 15) is 4.79 Å². The van der Waals surface area contributed by atoms with E-state index >= 15 is 0 Å². The highest BCUT2D eigenvalue weighted by molar-refractivity contribution is 5.89. The molecule has 1 aromatic carbocycles. The Labute approximate surface area is 95.4 Å². The van der Waals surface area contributed by atoms with Crippen molar-refractivity contribution in [3.63, 3.8) is 0 Å². The van der Waals surface area contributed by atoms with E-state index < -0.39 is 0 Å². The average Bonchev–Trinajstić information content (AvgIpc) is 2.81. The van der Waals surface area contributed by atoms with E-state index in [1.807, 2.05) is 25.1 Å². The summed E-state index contributed by atoms with van der Waals surface area (Å²) in [5, 5.41) is 0. The highest BCUT2D eigenvalue weighted by Crippen LogP contribution is 2.28. The van der Waals surface area contributed by atoms with Crippen LogP contribution >= 0.6 is 0 Å². The van der Waals surface area contributed by atoms with Gasteiger partial charge in [-0.3, -0.25) is 0 Å². The van der Waals surface area contributed by atoms with Crippen molar-refractivity contribution in [2.45, 2.75) is 19.3 Å². The van der Waals surface area contributed by atoms with E-state index in [1.165, 1.54) is 12.7 Å². The first-order valence-corrected chi connectivity index (χ1v) is 5.49. The van der Waals surface area contributed by atoms with Gasteiger partial charge >= 0.3 is 5.97 Å². The summed E-state index contributed by atoms with van der Waals surface area (Å²) in [7, 11) is 1.40. The molecule has 0 saturated carbocycles. The molecule has 2 rings (SSSR count). The fourth-order valence-electron chi connectivity index (χ4n) is 2.16. The lowest BCUT2D eigenvalue weighted by Crippen LogP contribution is -2.05. The molecule has 1 unspecified atom stereocenters. The highest BCUT2D eigenvalue weighted by atomic mass is 16.5. The van der Waals surface area contributed by atoms with Gasteiger partial charge in [-0.15, -0.1) is 0 Å². The van der Waals surface area contributed by atoms with Gasteiger partial charge in [-0.25, -0.2) is 4.79 Å². The largest absolute Gasteiger partial charge is 0.465 e. The first-order valence-electron chi connectivity index (χ1n) is 5.49. The van der Waals surface area contributed by atoms with Gasteiger partial charge in [0.05, 0.1) is 19.3 Å². The van der Waals surface area contributed by atoms with Crippen molar-refractivity contribution in [2.24, 2.45) is 0 Å². The van der Waals surface area contributed by atoms with Crippen LogP contribution in [-0.4, -0.2) is 26.3 Å². The van der Waals surface area contributed by atoms with Gasteiger partial charge in [0.15, 0.2) is 0 Å². The van der Waals surface area contributed by atoms with Crippen LogP contribution in [0.25, 0.3) is 0 Å². The van der Waals surface area contributed by atoms with Crippen molar-refractivity contribution in [3.05, 3.63) is 34.9 Å². The summed E-state index contributed by atoms with van der Waals surface area (Å²) in [4.78, 5) is 11.4. The van der Waals surface area contributed by atoms with Crippen molar-refractivity contribution in [3.8, 4) is 0 Å². The second kappa shape index (κ2) is 4.66. The second-order valence-corrected chi connectivity index (χ2v) is 4.12. The Morgan fingerprint density at radius 1 is 1.50 bits per heavy atom. The Bertz CT molecular complexity index is 392. The minimum Gasteiger partial charge on any atom is -0.465 e. The average molecular weight is 220 g/mol. The van der Waals surface area contributed by atoms with Gasteiger partial charge in [-0.1, -0.05) is 6.07 Å². The SMILES string of the molecule is COC(=O)c1ccc(C2CCOC2)c(C)c1. The maximum atomic E-state index is 11.4. The van der Waals surface area contributed by atoms with Gasteiger partial charge in [-0.2, -0.15) is 0 Å². The molecule has 0 radical (unpaired) electrons. The summed E-state index contributed by atoms with van der Waals surface area (Å²) >= 11 is 0. The zero-order valence-corrected chi connectivity index (χ0v) is 9.66. The van der Waals surface area contributed by atoms with Gasteiger partial charge < -0.3 is 9.47 Å². The molecule has 0 aliphatic carbocycles. The fraction of sp³-hybridized carbons (Fsp3) is 0.462. The van der Waals surface area contributed by atoms with Gasteiger partial charge in [0, 0.05) is 12.5 Å². The van der Waals surface area contributed by atoms with Crippen LogP contribution in [-0.2, 0) is 9.47 Å². The topological polar surface area (TPSA) is 35.5 Å². The molecule has 16 heavy (non-hydrogen) atoms. The molecule has 0 N–H and O–H groups in total. The Morgan fingerprint density at radius 2 is 2.31 bits per heavy atom. The first kappa shape index (κ1) is 11.1. The Kier molecular flexibility index (Phi) is 3.25. The van der Waals surface area contributed by atoms with E-state index in [0.717, 1.165) is 25.2 Å². The number of carbonyl (C=O) groups excluding carboxylic acids is 1. The summed E-state index contributed by atoms with van der Waals surface area (Å²) in [5.74, 6) is 0.198. The van der Waals surface area contributed by atoms with E-state index in [0.29, 0.717) is 11.5 Å². The predicted molar refractivity (Wildman–Crippen MR) is 60.7 cm³/mol. The third kappa shape index (κ3) is 2.09. The lowest BCUT2D eigenvalue weighted by Gasteiger charge is -2.12. The molecule has 1 aliphatic heterocycles. The Morgan fingerprint density at radius 3 is 2.88 bits per heavy atom. The molecule has 0 bridgehead atoms. The number of carbonyl (C=O) groups is 1. The number of rotatable bonds is 2. The van der Waals surface area contributed by atoms with Gasteiger partial charge in [-0.05, 0) is 36.6 Å². The van der Waals surface area contributed by atoms with E-state index in [-0.39, 0.29) is 5.97 Å². The molecule has 1 heterocycles. The van der Waals surface area contributed by atoms with Crippen LogP contribution in [0.2, 0.25) is 0 Å². The maximum absolute atomic E-state index is 11.4. The number of methoxy groups -OCH3 is 1. The maximum Gasteiger partial charge on any atom is 0.337 e. The molecular weight excluding hydrogens is 204 g/mol. The second-order valence-electron chi connectivity index (χ2n) is 4.12. The van der Waals surface area contributed by atoms with Crippen LogP contribution in [0.15, 0.2) is 18.2 Å². The van der Waals surface area contributed by atoms with Crippen molar-refractivity contribution in [2.75, 3.05) is 20.3 Å². The van der Waals surface area contributed by atoms with Gasteiger partial charge in [0.2, 0.25) is 0 Å². The summed E-state index contributed by atoms with van der Waals surface area (Å²) in [5.41, 5.74) is 3.03. The third-order valence-corrected chi connectivity index (χ3v) is 3.06. The lowest BCUT2D eigenvalue weighted by molar-refractivity contribution is 0.0600. The first-order chi connectivity index (χ1) is 7.72. The minimum atomic E-state index is -0.280. The summed E-state index contributed by atoms with van der Waals surface area (Å²) in [6.45, 7) is 3.65.